The van der Waals surface area contributed by atoms with Gasteiger partial charge in [-0.15, -0.1) is 0 Å². The lowest BCUT2D eigenvalue weighted by Crippen LogP contribution is -2.07. The topological polar surface area (TPSA) is 29.5 Å². The molecule has 0 amide bonds. The maximum Gasteiger partial charge on any atom is 0.120 e. The second kappa shape index (κ2) is 7.14. The summed E-state index contributed by atoms with van der Waals surface area (Å²) in [6.45, 7) is 2.90. The molecule has 0 aromatic heterocycles. The van der Waals surface area contributed by atoms with Crippen molar-refractivity contribution in [2.75, 3.05) is 19.0 Å². The Morgan fingerprint density at radius 2 is 2.33 bits per heavy atom. The maximum atomic E-state index is 8.82. The first-order chi connectivity index (χ1) is 7.22. The SMILES string of the molecule is CC(CO)SCCOc1cccc(Br)c1. The van der Waals surface area contributed by atoms with E-state index in [1.54, 1.807) is 11.8 Å². The summed E-state index contributed by atoms with van der Waals surface area (Å²) in [7, 11) is 0. The molecule has 1 rings (SSSR count). The van der Waals surface area contributed by atoms with Crippen LogP contribution >= 0.6 is 27.7 Å². The van der Waals surface area contributed by atoms with Crippen LogP contribution in [-0.2, 0) is 0 Å². The van der Waals surface area contributed by atoms with Crippen LogP contribution in [0.25, 0.3) is 0 Å². The van der Waals surface area contributed by atoms with Crippen molar-refractivity contribution in [3.05, 3.63) is 28.7 Å². The number of aliphatic hydroxyl groups is 1. The molecule has 4 heteroatoms. The predicted molar refractivity (Wildman–Crippen MR) is 68.6 cm³/mol. The summed E-state index contributed by atoms with van der Waals surface area (Å²) in [5, 5.41) is 9.11. The van der Waals surface area contributed by atoms with Crippen molar-refractivity contribution in [1.82, 2.24) is 0 Å². The molecule has 0 saturated heterocycles. The van der Waals surface area contributed by atoms with E-state index in [2.05, 4.69) is 15.9 Å². The molecule has 0 heterocycles. The van der Waals surface area contributed by atoms with E-state index in [-0.39, 0.29) is 11.9 Å². The van der Waals surface area contributed by atoms with Gasteiger partial charge in [0, 0.05) is 15.5 Å². The quantitative estimate of drug-likeness (QED) is 0.817. The van der Waals surface area contributed by atoms with E-state index in [9.17, 15) is 0 Å². The van der Waals surface area contributed by atoms with E-state index in [1.165, 1.54) is 0 Å². The highest BCUT2D eigenvalue weighted by Gasteiger charge is 2.00. The predicted octanol–water partition coefficient (Wildman–Crippen LogP) is 2.94. The number of rotatable bonds is 6. The van der Waals surface area contributed by atoms with E-state index in [1.807, 2.05) is 31.2 Å². The largest absolute Gasteiger partial charge is 0.493 e. The fourth-order valence-electron chi connectivity index (χ4n) is 1.02. The normalized spacial score (nSPS) is 12.5. The Labute approximate surface area is 103 Å². The van der Waals surface area contributed by atoms with Gasteiger partial charge in [0.2, 0.25) is 0 Å². The van der Waals surface area contributed by atoms with E-state index >= 15 is 0 Å². The molecule has 0 fully saturated rings. The lowest BCUT2D eigenvalue weighted by Gasteiger charge is -2.09. The molecule has 0 bridgehead atoms. The number of benzene rings is 1. The van der Waals surface area contributed by atoms with Crippen LogP contribution in [0.1, 0.15) is 6.92 Å². The Kier molecular flexibility index (Phi) is 6.13. The van der Waals surface area contributed by atoms with Crippen LogP contribution in [0.15, 0.2) is 28.7 Å². The second-order valence-electron chi connectivity index (χ2n) is 3.17. The summed E-state index contributed by atoms with van der Waals surface area (Å²) in [4.78, 5) is 0. The highest BCUT2D eigenvalue weighted by molar-refractivity contribution is 9.10. The first kappa shape index (κ1) is 12.9. The van der Waals surface area contributed by atoms with E-state index in [4.69, 9.17) is 9.84 Å². The highest BCUT2D eigenvalue weighted by Crippen LogP contribution is 2.18. The third kappa shape index (κ3) is 5.44. The van der Waals surface area contributed by atoms with Crippen molar-refractivity contribution in [2.45, 2.75) is 12.2 Å². The molecule has 2 nitrogen and oxygen atoms in total. The molecular formula is C11H15BrO2S. The van der Waals surface area contributed by atoms with Crippen molar-refractivity contribution in [3.63, 3.8) is 0 Å². The summed E-state index contributed by atoms with van der Waals surface area (Å²) < 4.78 is 6.57. The van der Waals surface area contributed by atoms with Crippen molar-refractivity contribution in [2.24, 2.45) is 0 Å². The highest BCUT2D eigenvalue weighted by atomic mass is 79.9. The monoisotopic (exact) mass is 290 g/mol. The minimum atomic E-state index is 0.224. The molecule has 1 N–H and O–H groups in total. The number of aliphatic hydroxyl groups excluding tert-OH is 1. The van der Waals surface area contributed by atoms with Crippen molar-refractivity contribution in [3.8, 4) is 5.75 Å². The summed E-state index contributed by atoms with van der Waals surface area (Å²) in [6, 6.07) is 7.80. The fraction of sp³-hybridized carbons (Fsp3) is 0.455. The fourth-order valence-corrected chi connectivity index (χ4v) is 2.08. The van der Waals surface area contributed by atoms with Crippen molar-refractivity contribution in [1.29, 1.82) is 0 Å². The van der Waals surface area contributed by atoms with Crippen LogP contribution in [0.4, 0.5) is 0 Å². The molecule has 0 saturated carbocycles. The van der Waals surface area contributed by atoms with Crippen LogP contribution in [0, 0.1) is 0 Å². The maximum absolute atomic E-state index is 8.82. The summed E-state index contributed by atoms with van der Waals surface area (Å²) in [5.74, 6) is 1.77. The van der Waals surface area contributed by atoms with Gasteiger partial charge in [-0.2, -0.15) is 11.8 Å². The van der Waals surface area contributed by atoms with E-state index in [0.29, 0.717) is 6.61 Å². The van der Waals surface area contributed by atoms with Gasteiger partial charge in [-0.05, 0) is 18.2 Å². The molecular weight excluding hydrogens is 276 g/mol. The molecule has 1 aromatic carbocycles. The average Bonchev–Trinajstić information content (AvgIpc) is 2.24. The van der Waals surface area contributed by atoms with Crippen LogP contribution < -0.4 is 4.74 Å². The third-order valence-corrected chi connectivity index (χ3v) is 3.42. The van der Waals surface area contributed by atoms with Crippen molar-refractivity contribution >= 4 is 27.7 Å². The molecule has 1 unspecified atom stereocenters. The number of ether oxygens (including phenoxy) is 1. The Morgan fingerprint density at radius 1 is 1.53 bits per heavy atom. The van der Waals surface area contributed by atoms with E-state index < -0.39 is 0 Å². The molecule has 84 valence electrons. The lowest BCUT2D eigenvalue weighted by atomic mass is 10.3. The molecule has 0 aliphatic carbocycles. The average molecular weight is 291 g/mol. The number of halogens is 1. The van der Waals surface area contributed by atoms with Gasteiger partial charge in [-0.1, -0.05) is 28.9 Å². The Balaban J connectivity index is 2.20. The zero-order chi connectivity index (χ0) is 11.1. The first-order valence-corrected chi connectivity index (χ1v) is 6.67. The van der Waals surface area contributed by atoms with Gasteiger partial charge >= 0.3 is 0 Å². The molecule has 1 atom stereocenters. The van der Waals surface area contributed by atoms with Crippen LogP contribution in [0.3, 0.4) is 0 Å². The summed E-state index contributed by atoms with van der Waals surface area (Å²) in [5.41, 5.74) is 0. The van der Waals surface area contributed by atoms with Crippen LogP contribution in [-0.4, -0.2) is 29.3 Å². The smallest absolute Gasteiger partial charge is 0.120 e. The number of hydrogen-bond donors (Lipinski definition) is 1. The molecule has 0 spiro atoms. The summed E-state index contributed by atoms with van der Waals surface area (Å²) >= 11 is 5.10. The summed E-state index contributed by atoms with van der Waals surface area (Å²) in [6.07, 6.45) is 0. The van der Waals surface area contributed by atoms with Gasteiger partial charge in [0.1, 0.15) is 5.75 Å². The minimum absolute atomic E-state index is 0.224. The molecule has 0 aliphatic heterocycles. The van der Waals surface area contributed by atoms with Gasteiger partial charge < -0.3 is 9.84 Å². The zero-order valence-corrected chi connectivity index (χ0v) is 11.1. The minimum Gasteiger partial charge on any atom is -0.493 e. The van der Waals surface area contributed by atoms with Crippen LogP contribution in [0.5, 0.6) is 5.75 Å². The van der Waals surface area contributed by atoms with Gasteiger partial charge in [0.15, 0.2) is 0 Å². The Hall–Kier alpha value is -0.190. The number of thioether (sulfide) groups is 1. The lowest BCUT2D eigenvalue weighted by molar-refractivity contribution is 0.299. The van der Waals surface area contributed by atoms with Gasteiger partial charge in [0.05, 0.1) is 13.2 Å². The van der Waals surface area contributed by atoms with E-state index in [0.717, 1.165) is 16.0 Å². The molecule has 15 heavy (non-hydrogen) atoms. The second-order valence-corrected chi connectivity index (χ2v) is 5.63. The molecule has 1 aromatic rings. The standard InChI is InChI=1S/C11H15BrO2S/c1-9(8-13)15-6-5-14-11-4-2-3-10(12)7-11/h2-4,7,9,13H,5-6,8H2,1H3. The first-order valence-electron chi connectivity index (χ1n) is 4.83. The zero-order valence-electron chi connectivity index (χ0n) is 8.65. The molecule has 0 radical (unpaired) electrons. The van der Waals surface area contributed by atoms with Gasteiger partial charge in [0.25, 0.3) is 0 Å². The van der Waals surface area contributed by atoms with Crippen LogP contribution in [0.2, 0.25) is 0 Å². The van der Waals surface area contributed by atoms with Gasteiger partial charge in [-0.3, -0.25) is 0 Å². The van der Waals surface area contributed by atoms with Crippen molar-refractivity contribution < 1.29 is 9.84 Å². The Morgan fingerprint density at radius 3 is 3.00 bits per heavy atom. The molecule has 0 aliphatic rings. The Bertz CT molecular complexity index is 294. The number of hydrogen-bond acceptors (Lipinski definition) is 3. The van der Waals surface area contributed by atoms with Gasteiger partial charge in [-0.25, -0.2) is 0 Å². The third-order valence-electron chi connectivity index (χ3n) is 1.81.